The third-order valence-corrected chi connectivity index (χ3v) is 6.37. The molecule has 1 unspecified atom stereocenters. The molecule has 1 atom stereocenters. The first-order chi connectivity index (χ1) is 24.5. The maximum absolute atomic E-state index is 11.1. The number of carbonyl (C=O) groups is 7. The van der Waals surface area contributed by atoms with E-state index in [9.17, 15) is 33.6 Å². The van der Waals surface area contributed by atoms with Gasteiger partial charge in [-0.15, -0.1) is 0 Å². The fourth-order valence-corrected chi connectivity index (χ4v) is 3.30. The van der Waals surface area contributed by atoms with Crippen LogP contribution in [0.3, 0.4) is 0 Å². The zero-order valence-corrected chi connectivity index (χ0v) is 33.3. The van der Waals surface area contributed by atoms with Crippen LogP contribution in [0.4, 0.5) is 0 Å². The van der Waals surface area contributed by atoms with Crippen molar-refractivity contribution in [3.63, 3.8) is 0 Å². The van der Waals surface area contributed by atoms with Crippen molar-refractivity contribution in [1.29, 1.82) is 0 Å². The lowest BCUT2D eigenvalue weighted by atomic mass is 9.98. The van der Waals surface area contributed by atoms with Crippen molar-refractivity contribution in [2.75, 3.05) is 27.7 Å². The Morgan fingerprint density at radius 2 is 1.09 bits per heavy atom. The van der Waals surface area contributed by atoms with E-state index >= 15 is 0 Å². The van der Waals surface area contributed by atoms with E-state index in [4.69, 9.17) is 31.2 Å². The summed E-state index contributed by atoms with van der Waals surface area (Å²) in [5.41, 5.74) is 3.13. The lowest BCUT2D eigenvalue weighted by Crippen LogP contribution is -2.28. The number of rotatable bonds is 18. The number of hydrogen-bond acceptors (Lipinski definition) is 13. The highest BCUT2D eigenvalue weighted by atomic mass is 16.5. The van der Waals surface area contributed by atoms with Gasteiger partial charge in [0.15, 0.2) is 0 Å². The van der Waals surface area contributed by atoms with Crippen LogP contribution in [0.2, 0.25) is 0 Å². The molecule has 0 spiro atoms. The molecular formula is C34H68N6O13. The molecular weight excluding hydrogens is 700 g/mol. The van der Waals surface area contributed by atoms with Crippen LogP contribution in [0, 0.1) is 11.8 Å². The quantitative estimate of drug-likeness (QED) is 0.0426. The second kappa shape index (κ2) is 39.2. The monoisotopic (exact) mass is 768 g/mol. The molecule has 0 aromatic rings. The van der Waals surface area contributed by atoms with Gasteiger partial charge in [0.05, 0.1) is 5.92 Å². The van der Waals surface area contributed by atoms with Gasteiger partial charge in [-0.2, -0.15) is 0 Å². The van der Waals surface area contributed by atoms with Crippen LogP contribution in [0.25, 0.3) is 0 Å². The minimum atomic E-state index is -0.565. The zero-order valence-electron chi connectivity index (χ0n) is 33.3. The van der Waals surface area contributed by atoms with Gasteiger partial charge in [-0.3, -0.25) is 60.0 Å². The molecule has 312 valence electrons. The lowest BCUT2D eigenvalue weighted by Gasteiger charge is -2.11. The minimum absolute atomic E-state index is 0.0523. The lowest BCUT2D eigenvalue weighted by molar-refractivity contribution is -0.165. The highest BCUT2D eigenvalue weighted by Gasteiger charge is 2.18. The van der Waals surface area contributed by atoms with Gasteiger partial charge in [-0.1, -0.05) is 72.0 Å². The first-order valence-electron chi connectivity index (χ1n) is 17.4. The fraction of sp³-hybridized carbons (Fsp3) is 0.735. The van der Waals surface area contributed by atoms with Crippen LogP contribution >= 0.6 is 0 Å². The van der Waals surface area contributed by atoms with Gasteiger partial charge < -0.3 is 4.79 Å². The highest BCUT2D eigenvalue weighted by molar-refractivity contribution is 5.85. The molecule has 0 aromatic heterocycles. The first kappa shape index (κ1) is 58.3. The van der Waals surface area contributed by atoms with E-state index in [-0.39, 0.29) is 42.8 Å². The zero-order chi connectivity index (χ0) is 42.5. The van der Waals surface area contributed by atoms with Crippen LogP contribution in [0.15, 0.2) is 12.2 Å². The van der Waals surface area contributed by atoms with Crippen LogP contribution in [0.1, 0.15) is 126 Å². The van der Waals surface area contributed by atoms with E-state index in [0.29, 0.717) is 40.5 Å². The van der Waals surface area contributed by atoms with Gasteiger partial charge in [0.25, 0.3) is 0 Å². The largest absolute Gasteiger partial charge is 0.300 e. The predicted octanol–water partition coefficient (Wildman–Crippen LogP) is 3.88. The first-order valence-corrected chi connectivity index (χ1v) is 17.4. The van der Waals surface area contributed by atoms with Gasteiger partial charge in [0, 0.05) is 67.2 Å². The summed E-state index contributed by atoms with van der Waals surface area (Å²) in [6.45, 7) is 12.6. The molecule has 0 bridgehead atoms. The van der Waals surface area contributed by atoms with Crippen molar-refractivity contribution in [3.8, 4) is 0 Å². The molecule has 0 fully saturated rings. The second-order valence-corrected chi connectivity index (χ2v) is 12.1. The number of unbranched alkanes of at least 4 members (excludes halogenated alkanes) is 5. The van der Waals surface area contributed by atoms with Crippen LogP contribution in [-0.2, 0) is 33.6 Å². The molecule has 8 N–H and O–H groups in total. The summed E-state index contributed by atoms with van der Waals surface area (Å²) < 4.78 is 0. The summed E-state index contributed by atoms with van der Waals surface area (Å²) in [6.07, 6.45) is 12.5. The van der Waals surface area contributed by atoms with Gasteiger partial charge in [0.2, 0.25) is 35.4 Å². The van der Waals surface area contributed by atoms with Gasteiger partial charge in [0.1, 0.15) is 5.78 Å². The van der Waals surface area contributed by atoms with Crippen molar-refractivity contribution in [2.24, 2.45) is 11.8 Å². The molecule has 0 heterocycles. The third-order valence-electron chi connectivity index (χ3n) is 6.37. The molecule has 0 aromatic carbocycles. The Morgan fingerprint density at radius 3 is 1.40 bits per heavy atom. The molecule has 6 amide bonds. The van der Waals surface area contributed by atoms with E-state index in [1.165, 1.54) is 67.6 Å². The highest BCUT2D eigenvalue weighted by Crippen LogP contribution is 2.10. The molecule has 53 heavy (non-hydrogen) atoms. The van der Waals surface area contributed by atoms with E-state index in [1.54, 1.807) is 11.0 Å². The summed E-state index contributed by atoms with van der Waals surface area (Å²) in [6, 6.07) is 0. The van der Waals surface area contributed by atoms with Gasteiger partial charge in [-0.05, 0) is 32.1 Å². The van der Waals surface area contributed by atoms with Crippen molar-refractivity contribution in [2.45, 2.75) is 126 Å². The van der Waals surface area contributed by atoms with Crippen molar-refractivity contribution in [3.05, 3.63) is 12.2 Å². The number of carbonyl (C=O) groups excluding carboxylic acids is 7. The van der Waals surface area contributed by atoms with Crippen LogP contribution < -0.4 is 11.0 Å². The standard InChI is InChI=1S/C10H17NO3.C10H21NO2.C6H12N2O4.C5H11NO2.C3H7NO2/c1-3-4-5-6-9(7-8(2)12)10(13)11-14;1-3-4-5-6-7-8-9-11(13)10(2)12;1-7(11)5(9)3-4-6(10)8(2)12;1-4(2)3-5(7)6-8;1-3(5)4(2)6/h4-5,9,14H,3,6-7H2,1-2H3,(H,11,13);13H,3-9H2,1-2H3;11-12H,3-4H2,1-2H3;4,8H,3H2,1-2H3,(H,6,7);6H,1-2H3. The number of hydrogen-bond donors (Lipinski definition) is 8. The number of hydroxylamine groups is 10. The van der Waals surface area contributed by atoms with Crippen molar-refractivity contribution < 1.29 is 64.8 Å². The van der Waals surface area contributed by atoms with Crippen LogP contribution in [0.5, 0.6) is 0 Å². The molecule has 0 saturated heterocycles. The third kappa shape index (κ3) is 48.0. The normalized spacial score (nSPS) is 10.3. The number of amides is 6. The van der Waals surface area contributed by atoms with Crippen molar-refractivity contribution >= 4 is 41.2 Å². The molecule has 19 heteroatoms. The Morgan fingerprint density at radius 1 is 0.642 bits per heavy atom. The number of Topliss-reactive ketones (excluding diaryl/α,β-unsaturated/α-hetero) is 1. The summed E-state index contributed by atoms with van der Waals surface area (Å²) in [7, 11) is 3.63. The fourth-order valence-electron chi connectivity index (χ4n) is 3.30. The molecule has 0 rings (SSSR count). The second-order valence-electron chi connectivity index (χ2n) is 12.1. The molecule has 0 aliphatic rings. The van der Waals surface area contributed by atoms with E-state index in [1.807, 2.05) is 32.9 Å². The number of nitrogens with one attached hydrogen (secondary N) is 2. The average molecular weight is 769 g/mol. The summed E-state index contributed by atoms with van der Waals surface area (Å²) in [5, 5.41) is 52.8. The summed E-state index contributed by atoms with van der Waals surface area (Å²) in [5.74, 6) is -2.77. The molecule has 0 saturated carbocycles. The summed E-state index contributed by atoms with van der Waals surface area (Å²) >= 11 is 0. The topological polar surface area (TPSA) is 278 Å². The predicted molar refractivity (Wildman–Crippen MR) is 193 cm³/mol. The van der Waals surface area contributed by atoms with E-state index in [0.717, 1.165) is 24.3 Å². The van der Waals surface area contributed by atoms with Crippen LogP contribution in [-0.4, -0.2) is 120 Å². The van der Waals surface area contributed by atoms with Crippen molar-refractivity contribution in [1.82, 2.24) is 31.2 Å². The maximum Gasteiger partial charge on any atom is 0.247 e. The Bertz CT molecular complexity index is 1020. The SMILES string of the molecule is CC(=O)N(C)O.CC(C)CC(=O)NO.CCC=CCC(CC(C)=O)C(=O)NO.CCCCCCCCN(O)C(C)=O.CN(O)C(=O)CCC(=O)N(C)O. The Balaban J connectivity index is -0.000000186. The molecule has 0 aliphatic heterocycles. The maximum atomic E-state index is 11.1. The van der Waals surface area contributed by atoms with Gasteiger partial charge in [-0.25, -0.2) is 31.2 Å². The molecule has 0 radical (unpaired) electrons. The summed E-state index contributed by atoms with van der Waals surface area (Å²) in [4.78, 5) is 74.0. The number of allylic oxidation sites excluding steroid dienone is 2. The Labute approximate surface area is 314 Å². The number of nitrogens with zero attached hydrogens (tertiary/aromatic N) is 4. The van der Waals surface area contributed by atoms with Gasteiger partial charge >= 0.3 is 0 Å². The molecule has 19 nitrogen and oxygen atoms in total. The Kier molecular flexibility index (Phi) is 43.1. The molecule has 0 aliphatic carbocycles. The average Bonchev–Trinajstić information content (AvgIpc) is 3.08. The number of ketones is 1. The Hall–Kier alpha value is -4.01. The minimum Gasteiger partial charge on any atom is -0.300 e. The van der Waals surface area contributed by atoms with E-state index < -0.39 is 23.6 Å². The van der Waals surface area contributed by atoms with E-state index in [2.05, 4.69) is 6.92 Å². The smallest absolute Gasteiger partial charge is 0.247 e.